The van der Waals surface area contributed by atoms with Crippen LogP contribution in [0.25, 0.3) is 0 Å². The Morgan fingerprint density at radius 2 is 1.78 bits per heavy atom. The van der Waals surface area contributed by atoms with Crippen LogP contribution in [0.1, 0.15) is 0 Å². The maximum Gasteiger partial charge on any atom is 0.147 e. The fourth-order valence-electron chi connectivity index (χ4n) is 1.46. The van der Waals surface area contributed by atoms with Crippen LogP contribution in [0, 0.1) is 0 Å². The van der Waals surface area contributed by atoms with E-state index in [1.54, 1.807) is 0 Å². The molecule has 0 unspecified atom stereocenters. The van der Waals surface area contributed by atoms with Gasteiger partial charge in [-0.05, 0) is 7.05 Å². The van der Waals surface area contributed by atoms with Crippen molar-refractivity contribution in [2.45, 2.75) is 12.2 Å². The van der Waals surface area contributed by atoms with Crippen molar-refractivity contribution in [3.63, 3.8) is 0 Å². The molecule has 0 radical (unpaired) electrons. The van der Waals surface area contributed by atoms with Crippen LogP contribution in [0.5, 0.6) is 0 Å². The Morgan fingerprint density at radius 3 is 2.33 bits per heavy atom. The highest BCUT2D eigenvalue weighted by Crippen LogP contribution is 2.20. The Hall–Kier alpha value is -0.120. The first-order valence-corrected chi connectivity index (χ1v) is 3.28. The minimum atomic E-state index is 0.356. The molecule has 2 aliphatic heterocycles. The predicted octanol–water partition coefficient (Wildman–Crippen LogP) is -0.327. The molecule has 0 spiro atoms. The minimum absolute atomic E-state index is 0.356. The molecular formula is C6H11NO2. The van der Waals surface area contributed by atoms with Gasteiger partial charge in [-0.25, -0.2) is 0 Å². The standard InChI is InChI=1S/C6H11NO2/c1-7-2-5-6(3-7)9-4-8-5/h5-6H,2-4H2,1H3/t5-,6+. The molecule has 0 saturated carbocycles. The van der Waals surface area contributed by atoms with E-state index >= 15 is 0 Å². The molecule has 2 rings (SSSR count). The summed E-state index contributed by atoms with van der Waals surface area (Å²) >= 11 is 0. The van der Waals surface area contributed by atoms with Gasteiger partial charge in [0.05, 0.1) is 0 Å². The third kappa shape index (κ3) is 0.852. The maximum atomic E-state index is 5.28. The molecule has 2 atom stereocenters. The number of nitrogens with zero attached hydrogens (tertiary/aromatic N) is 1. The molecule has 0 N–H and O–H groups in total. The zero-order valence-corrected chi connectivity index (χ0v) is 5.54. The van der Waals surface area contributed by atoms with Gasteiger partial charge in [-0.1, -0.05) is 0 Å². The lowest BCUT2D eigenvalue weighted by Crippen LogP contribution is -2.18. The van der Waals surface area contributed by atoms with E-state index in [4.69, 9.17) is 9.47 Å². The number of hydrogen-bond donors (Lipinski definition) is 0. The zero-order valence-electron chi connectivity index (χ0n) is 5.54. The molecule has 2 saturated heterocycles. The summed E-state index contributed by atoms with van der Waals surface area (Å²) in [5.41, 5.74) is 0. The van der Waals surface area contributed by atoms with Gasteiger partial charge < -0.3 is 14.4 Å². The number of likely N-dealkylation sites (N-methyl/N-ethyl adjacent to an activating group) is 1. The fourth-order valence-corrected chi connectivity index (χ4v) is 1.46. The Kier molecular flexibility index (Phi) is 1.22. The van der Waals surface area contributed by atoms with Crippen molar-refractivity contribution in [2.75, 3.05) is 26.9 Å². The third-order valence-corrected chi connectivity index (χ3v) is 1.96. The average molecular weight is 129 g/mol. The molecule has 2 fully saturated rings. The van der Waals surface area contributed by atoms with Crippen molar-refractivity contribution in [3.8, 4) is 0 Å². The highest BCUT2D eigenvalue weighted by atomic mass is 16.7. The van der Waals surface area contributed by atoms with Crippen LogP contribution in [0.3, 0.4) is 0 Å². The maximum absolute atomic E-state index is 5.28. The summed E-state index contributed by atoms with van der Waals surface area (Å²) < 4.78 is 10.6. The molecule has 0 aromatic rings. The van der Waals surface area contributed by atoms with Gasteiger partial charge in [-0.15, -0.1) is 0 Å². The number of likely N-dealkylation sites (tertiary alicyclic amines) is 1. The van der Waals surface area contributed by atoms with E-state index in [9.17, 15) is 0 Å². The van der Waals surface area contributed by atoms with E-state index < -0.39 is 0 Å². The quantitative estimate of drug-likeness (QED) is 0.447. The molecule has 0 amide bonds. The molecule has 0 aromatic carbocycles. The van der Waals surface area contributed by atoms with Crippen molar-refractivity contribution in [2.24, 2.45) is 0 Å². The van der Waals surface area contributed by atoms with Crippen LogP contribution in [-0.4, -0.2) is 44.0 Å². The van der Waals surface area contributed by atoms with Crippen LogP contribution < -0.4 is 0 Å². The van der Waals surface area contributed by atoms with E-state index in [1.165, 1.54) is 0 Å². The van der Waals surface area contributed by atoms with E-state index in [-0.39, 0.29) is 0 Å². The van der Waals surface area contributed by atoms with E-state index in [0.29, 0.717) is 19.0 Å². The van der Waals surface area contributed by atoms with Gasteiger partial charge in [-0.2, -0.15) is 0 Å². The Bertz CT molecular complexity index is 106. The van der Waals surface area contributed by atoms with Gasteiger partial charge in [0, 0.05) is 13.1 Å². The first kappa shape index (κ1) is 5.65. The number of fused-ring (bicyclic) bond motifs is 1. The highest BCUT2D eigenvalue weighted by Gasteiger charge is 2.36. The van der Waals surface area contributed by atoms with Crippen LogP contribution in [0.15, 0.2) is 0 Å². The molecule has 2 aliphatic rings. The zero-order chi connectivity index (χ0) is 6.27. The lowest BCUT2D eigenvalue weighted by Gasteiger charge is -2.06. The summed E-state index contributed by atoms with van der Waals surface area (Å²) in [6, 6.07) is 0. The van der Waals surface area contributed by atoms with Gasteiger partial charge in [-0.3, -0.25) is 0 Å². The van der Waals surface area contributed by atoms with Crippen LogP contribution in [0.4, 0.5) is 0 Å². The molecule has 3 heteroatoms. The SMILES string of the molecule is CN1C[C@@H]2OCO[C@@H]2C1. The summed E-state index contributed by atoms with van der Waals surface area (Å²) in [5, 5.41) is 0. The number of rotatable bonds is 0. The first-order chi connectivity index (χ1) is 4.36. The molecule has 9 heavy (non-hydrogen) atoms. The summed E-state index contributed by atoms with van der Waals surface area (Å²) in [6.07, 6.45) is 0.713. The average Bonchev–Trinajstić information content (AvgIpc) is 2.22. The van der Waals surface area contributed by atoms with Crippen LogP contribution >= 0.6 is 0 Å². The molecular weight excluding hydrogens is 118 g/mol. The van der Waals surface area contributed by atoms with Crippen molar-refractivity contribution in [1.82, 2.24) is 4.90 Å². The summed E-state index contributed by atoms with van der Waals surface area (Å²) in [6.45, 7) is 2.57. The molecule has 0 aliphatic carbocycles. The van der Waals surface area contributed by atoms with Crippen molar-refractivity contribution < 1.29 is 9.47 Å². The second-order valence-corrected chi connectivity index (χ2v) is 2.75. The molecule has 52 valence electrons. The van der Waals surface area contributed by atoms with Gasteiger partial charge in [0.2, 0.25) is 0 Å². The normalized spacial score (nSPS) is 43.7. The summed E-state index contributed by atoms with van der Waals surface area (Å²) in [5.74, 6) is 0. The molecule has 0 bridgehead atoms. The summed E-state index contributed by atoms with van der Waals surface area (Å²) in [4.78, 5) is 2.23. The van der Waals surface area contributed by atoms with Gasteiger partial charge in [0.15, 0.2) is 0 Å². The van der Waals surface area contributed by atoms with E-state index in [1.807, 2.05) is 0 Å². The van der Waals surface area contributed by atoms with Crippen molar-refractivity contribution >= 4 is 0 Å². The number of hydrogen-bond acceptors (Lipinski definition) is 3. The van der Waals surface area contributed by atoms with Gasteiger partial charge in [0.1, 0.15) is 19.0 Å². The number of ether oxygens (including phenoxy) is 2. The van der Waals surface area contributed by atoms with E-state index in [0.717, 1.165) is 13.1 Å². The minimum Gasteiger partial charge on any atom is -0.348 e. The van der Waals surface area contributed by atoms with Crippen LogP contribution in [-0.2, 0) is 9.47 Å². The lowest BCUT2D eigenvalue weighted by atomic mass is 10.3. The monoisotopic (exact) mass is 129 g/mol. The first-order valence-electron chi connectivity index (χ1n) is 3.28. The predicted molar refractivity (Wildman–Crippen MR) is 32.1 cm³/mol. The molecule has 3 nitrogen and oxygen atoms in total. The Balaban J connectivity index is 2.02. The molecule has 0 aromatic heterocycles. The van der Waals surface area contributed by atoms with Crippen molar-refractivity contribution in [1.29, 1.82) is 0 Å². The second kappa shape index (κ2) is 1.94. The van der Waals surface area contributed by atoms with E-state index in [2.05, 4.69) is 11.9 Å². The lowest BCUT2D eigenvalue weighted by molar-refractivity contribution is 0.0188. The summed E-state index contributed by atoms with van der Waals surface area (Å²) in [7, 11) is 2.09. The van der Waals surface area contributed by atoms with Gasteiger partial charge in [0.25, 0.3) is 0 Å². The fraction of sp³-hybridized carbons (Fsp3) is 1.00. The largest absolute Gasteiger partial charge is 0.348 e. The smallest absolute Gasteiger partial charge is 0.147 e. The Labute approximate surface area is 54.5 Å². The topological polar surface area (TPSA) is 21.7 Å². The Morgan fingerprint density at radius 1 is 1.22 bits per heavy atom. The highest BCUT2D eigenvalue weighted by molar-refractivity contribution is 4.85. The van der Waals surface area contributed by atoms with Gasteiger partial charge >= 0.3 is 0 Å². The third-order valence-electron chi connectivity index (χ3n) is 1.96. The second-order valence-electron chi connectivity index (χ2n) is 2.75. The molecule has 2 heterocycles. The van der Waals surface area contributed by atoms with Crippen LogP contribution in [0.2, 0.25) is 0 Å². The van der Waals surface area contributed by atoms with Crippen molar-refractivity contribution in [3.05, 3.63) is 0 Å².